The van der Waals surface area contributed by atoms with Crippen LogP contribution in [-0.4, -0.2) is 84.8 Å². The highest BCUT2D eigenvalue weighted by Crippen LogP contribution is 2.21. The predicted molar refractivity (Wildman–Crippen MR) is 151 cm³/mol. The number of nitrogens with one attached hydrogen (secondary N) is 1. The summed E-state index contributed by atoms with van der Waals surface area (Å²) in [5, 5.41) is 21.9. The second kappa shape index (κ2) is 12.6. The Hall–Kier alpha value is -4.48. The van der Waals surface area contributed by atoms with Gasteiger partial charge in [0.2, 0.25) is 0 Å². The van der Waals surface area contributed by atoms with E-state index in [1.165, 1.54) is 0 Å². The average molecular weight is 541 g/mol. The fourth-order valence-electron chi connectivity index (χ4n) is 4.79. The van der Waals surface area contributed by atoms with Crippen molar-refractivity contribution in [3.63, 3.8) is 0 Å². The van der Waals surface area contributed by atoms with Gasteiger partial charge in [-0.3, -0.25) is 9.69 Å². The third-order valence-corrected chi connectivity index (χ3v) is 6.84. The second-order valence-corrected chi connectivity index (χ2v) is 9.65. The molecule has 3 aromatic heterocycles. The van der Waals surface area contributed by atoms with Crippen molar-refractivity contribution in [3.05, 3.63) is 84.1 Å². The number of aryl methyl sites for hydroxylation is 1. The summed E-state index contributed by atoms with van der Waals surface area (Å²) in [7, 11) is 0. The predicted octanol–water partition coefficient (Wildman–Crippen LogP) is 2.93. The minimum Gasteiger partial charge on any atom is -0.480 e. The Labute approximate surface area is 232 Å². The lowest BCUT2D eigenvalue weighted by Gasteiger charge is -2.38. The van der Waals surface area contributed by atoms with Crippen LogP contribution in [0, 0.1) is 6.92 Å². The number of hydrogen-bond acceptors (Lipinski definition) is 10. The van der Waals surface area contributed by atoms with Crippen LogP contribution in [0.4, 0.5) is 17.3 Å². The van der Waals surface area contributed by atoms with Crippen molar-refractivity contribution >= 4 is 23.3 Å². The van der Waals surface area contributed by atoms with Gasteiger partial charge in [-0.05, 0) is 55.3 Å². The lowest BCUT2D eigenvalue weighted by Crippen LogP contribution is -2.53. The molecule has 40 heavy (non-hydrogen) atoms. The molecule has 0 bridgehead atoms. The SMILES string of the molecule is Cc1cccc(-c2nccc(Nc3ccnc(Cc4ccc(N5CCN(C(CCO)C(=O)O)CC5)cc4)n3)n2)n1. The quantitative estimate of drug-likeness (QED) is 0.273. The first kappa shape index (κ1) is 27.1. The number of aromatic nitrogens is 5. The zero-order valence-corrected chi connectivity index (χ0v) is 22.3. The number of benzene rings is 1. The van der Waals surface area contributed by atoms with Gasteiger partial charge in [-0.1, -0.05) is 18.2 Å². The van der Waals surface area contributed by atoms with Crippen molar-refractivity contribution in [2.75, 3.05) is 43.0 Å². The summed E-state index contributed by atoms with van der Waals surface area (Å²) in [6.07, 6.45) is 4.24. The summed E-state index contributed by atoms with van der Waals surface area (Å²) in [4.78, 5) is 38.3. The Kier molecular flexibility index (Phi) is 8.53. The van der Waals surface area contributed by atoms with Gasteiger partial charge in [-0.2, -0.15) is 0 Å². The van der Waals surface area contributed by atoms with E-state index < -0.39 is 12.0 Å². The third kappa shape index (κ3) is 6.74. The highest BCUT2D eigenvalue weighted by atomic mass is 16.4. The van der Waals surface area contributed by atoms with Crippen molar-refractivity contribution in [3.8, 4) is 11.5 Å². The zero-order valence-electron chi connectivity index (χ0n) is 22.3. The molecule has 1 fully saturated rings. The number of nitrogens with zero attached hydrogens (tertiary/aromatic N) is 7. The van der Waals surface area contributed by atoms with E-state index >= 15 is 0 Å². The fourth-order valence-corrected chi connectivity index (χ4v) is 4.79. The van der Waals surface area contributed by atoms with Gasteiger partial charge in [0.15, 0.2) is 5.82 Å². The van der Waals surface area contributed by atoms with Crippen LogP contribution in [0.15, 0.2) is 67.0 Å². The molecule has 11 nitrogen and oxygen atoms in total. The topological polar surface area (TPSA) is 140 Å². The summed E-state index contributed by atoms with van der Waals surface area (Å²) in [5.41, 5.74) is 3.79. The number of aliphatic carboxylic acids is 1. The molecule has 0 amide bonds. The Balaban J connectivity index is 1.19. The van der Waals surface area contributed by atoms with Crippen molar-refractivity contribution in [1.29, 1.82) is 0 Å². The molecule has 0 aliphatic carbocycles. The molecule has 0 spiro atoms. The van der Waals surface area contributed by atoms with Crippen LogP contribution in [0.5, 0.6) is 0 Å². The number of carboxylic acid groups (broad SMARTS) is 1. The second-order valence-electron chi connectivity index (χ2n) is 9.65. The minimum absolute atomic E-state index is 0.130. The van der Waals surface area contributed by atoms with Crippen LogP contribution in [0.1, 0.15) is 23.5 Å². The molecule has 11 heteroatoms. The molecule has 206 valence electrons. The summed E-state index contributed by atoms with van der Waals surface area (Å²) in [6, 6.07) is 17.0. The van der Waals surface area contributed by atoms with Gasteiger partial charge in [0, 0.05) is 63.0 Å². The molecular weight excluding hydrogens is 508 g/mol. The number of hydrogen-bond donors (Lipinski definition) is 3. The van der Waals surface area contributed by atoms with Crippen molar-refractivity contribution in [2.24, 2.45) is 0 Å². The van der Waals surface area contributed by atoms with E-state index in [9.17, 15) is 15.0 Å². The summed E-state index contributed by atoms with van der Waals surface area (Å²) >= 11 is 0. The third-order valence-electron chi connectivity index (χ3n) is 6.84. The summed E-state index contributed by atoms with van der Waals surface area (Å²) < 4.78 is 0. The number of carboxylic acids is 1. The zero-order chi connectivity index (χ0) is 27.9. The van der Waals surface area contributed by atoms with Crippen molar-refractivity contribution < 1.29 is 15.0 Å². The fraction of sp³-hybridized carbons (Fsp3) is 0.310. The normalized spacial score (nSPS) is 14.6. The molecule has 1 aliphatic heterocycles. The van der Waals surface area contributed by atoms with E-state index in [4.69, 9.17) is 0 Å². The standard InChI is InChI=1S/C29H32N8O3/c1-20-3-2-4-23(32-20)28-31-13-10-26(35-28)33-25-9-12-30-27(34-25)19-21-5-7-22(8-6-21)36-14-16-37(17-15-36)24(11-18-38)29(39)40/h2-10,12-13,24,38H,11,14-19H2,1H3,(H,39,40)(H,30,31,33,34,35). The van der Waals surface area contributed by atoms with E-state index in [0.717, 1.165) is 30.0 Å². The van der Waals surface area contributed by atoms with Gasteiger partial charge in [0.1, 0.15) is 29.2 Å². The smallest absolute Gasteiger partial charge is 0.321 e. The highest BCUT2D eigenvalue weighted by molar-refractivity contribution is 5.73. The molecule has 3 N–H and O–H groups in total. The maximum atomic E-state index is 11.5. The number of rotatable bonds is 10. The van der Waals surface area contributed by atoms with Crippen molar-refractivity contribution in [1.82, 2.24) is 29.8 Å². The molecule has 4 heterocycles. The summed E-state index contributed by atoms with van der Waals surface area (Å²) in [6.45, 7) is 4.55. The van der Waals surface area contributed by atoms with Gasteiger partial charge in [-0.15, -0.1) is 0 Å². The van der Waals surface area contributed by atoms with Crippen LogP contribution in [-0.2, 0) is 11.2 Å². The monoisotopic (exact) mass is 540 g/mol. The van der Waals surface area contributed by atoms with E-state index in [1.807, 2.05) is 30.0 Å². The number of pyridine rings is 1. The lowest BCUT2D eigenvalue weighted by molar-refractivity contribution is -0.144. The van der Waals surface area contributed by atoms with E-state index in [2.05, 4.69) is 59.4 Å². The Morgan fingerprint density at radius 2 is 1.65 bits per heavy atom. The van der Waals surface area contributed by atoms with E-state index in [-0.39, 0.29) is 13.0 Å². The maximum absolute atomic E-state index is 11.5. The number of aliphatic hydroxyl groups is 1. The van der Waals surface area contributed by atoms with Crippen LogP contribution >= 0.6 is 0 Å². The first-order valence-electron chi connectivity index (χ1n) is 13.3. The number of carbonyl (C=O) groups is 1. The van der Waals surface area contributed by atoms with Gasteiger partial charge in [-0.25, -0.2) is 24.9 Å². The highest BCUT2D eigenvalue weighted by Gasteiger charge is 2.28. The number of piperazine rings is 1. The van der Waals surface area contributed by atoms with E-state index in [1.54, 1.807) is 24.5 Å². The van der Waals surface area contributed by atoms with E-state index in [0.29, 0.717) is 48.5 Å². The van der Waals surface area contributed by atoms with Crippen LogP contribution in [0.2, 0.25) is 0 Å². The number of anilines is 3. The van der Waals surface area contributed by atoms with Gasteiger partial charge >= 0.3 is 5.97 Å². The van der Waals surface area contributed by atoms with Crippen LogP contribution in [0.3, 0.4) is 0 Å². The maximum Gasteiger partial charge on any atom is 0.321 e. The lowest BCUT2D eigenvalue weighted by atomic mass is 10.1. The molecule has 0 radical (unpaired) electrons. The largest absolute Gasteiger partial charge is 0.480 e. The summed E-state index contributed by atoms with van der Waals surface area (Å²) in [5.74, 6) is 1.60. The van der Waals surface area contributed by atoms with Gasteiger partial charge in [0.05, 0.1) is 0 Å². The Bertz CT molecular complexity index is 1440. The van der Waals surface area contributed by atoms with Gasteiger partial charge in [0.25, 0.3) is 0 Å². The van der Waals surface area contributed by atoms with Crippen LogP contribution < -0.4 is 10.2 Å². The van der Waals surface area contributed by atoms with Crippen LogP contribution in [0.25, 0.3) is 11.5 Å². The minimum atomic E-state index is -0.880. The first-order valence-corrected chi connectivity index (χ1v) is 13.3. The Morgan fingerprint density at radius 3 is 2.35 bits per heavy atom. The first-order chi connectivity index (χ1) is 19.5. The number of aliphatic hydroxyl groups excluding tert-OH is 1. The molecule has 0 saturated carbocycles. The molecular formula is C29H32N8O3. The molecule has 1 atom stereocenters. The average Bonchev–Trinajstić information content (AvgIpc) is 2.97. The molecule has 4 aromatic rings. The molecule has 1 aromatic carbocycles. The molecule has 1 unspecified atom stereocenters. The molecule has 5 rings (SSSR count). The Morgan fingerprint density at radius 1 is 0.925 bits per heavy atom. The molecule has 1 aliphatic rings. The molecule has 1 saturated heterocycles. The van der Waals surface area contributed by atoms with Gasteiger partial charge < -0.3 is 20.4 Å². The van der Waals surface area contributed by atoms with Crippen molar-refractivity contribution in [2.45, 2.75) is 25.8 Å².